The fourth-order valence-electron chi connectivity index (χ4n) is 2.40. The lowest BCUT2D eigenvalue weighted by Gasteiger charge is -2.17. The summed E-state index contributed by atoms with van der Waals surface area (Å²) in [6.07, 6.45) is 0. The van der Waals surface area contributed by atoms with E-state index in [1.165, 1.54) is 26.2 Å². The smallest absolute Gasteiger partial charge is 0.246 e. The third-order valence-electron chi connectivity index (χ3n) is 3.99. The molecular formula is C19H25N3O4S. The first-order chi connectivity index (χ1) is 12.7. The molecule has 8 heteroatoms. The van der Waals surface area contributed by atoms with E-state index < -0.39 is 22.0 Å². The van der Waals surface area contributed by atoms with Gasteiger partial charge in [0.15, 0.2) is 0 Å². The Hall–Kier alpha value is -2.42. The van der Waals surface area contributed by atoms with Gasteiger partial charge in [0, 0.05) is 19.8 Å². The van der Waals surface area contributed by atoms with Crippen LogP contribution in [0.3, 0.4) is 0 Å². The van der Waals surface area contributed by atoms with Gasteiger partial charge in [-0.2, -0.15) is 0 Å². The summed E-state index contributed by atoms with van der Waals surface area (Å²) in [6, 6.07) is 10.9. The minimum Gasteiger partial charge on any atom is -0.492 e. The SMILES string of the molecule is CCOc1ccc(NC(=O)C(N)c2ccc(C)cc2)cc1S(=O)(=O)N(C)C. The van der Waals surface area contributed by atoms with E-state index in [-0.39, 0.29) is 10.6 Å². The van der Waals surface area contributed by atoms with Crippen molar-refractivity contribution >= 4 is 21.6 Å². The topological polar surface area (TPSA) is 102 Å². The van der Waals surface area contributed by atoms with Crippen LogP contribution in [-0.4, -0.2) is 39.3 Å². The third-order valence-corrected chi connectivity index (χ3v) is 5.82. The maximum Gasteiger partial charge on any atom is 0.246 e. The summed E-state index contributed by atoms with van der Waals surface area (Å²) in [4.78, 5) is 12.5. The number of ether oxygens (including phenoxy) is 1. The van der Waals surface area contributed by atoms with Crippen LogP contribution in [-0.2, 0) is 14.8 Å². The molecule has 0 heterocycles. The Bertz CT molecular complexity index is 909. The van der Waals surface area contributed by atoms with Crippen LogP contribution in [0.25, 0.3) is 0 Å². The number of nitrogens with two attached hydrogens (primary N) is 1. The number of nitrogens with zero attached hydrogens (tertiary/aromatic N) is 1. The zero-order valence-electron chi connectivity index (χ0n) is 15.9. The van der Waals surface area contributed by atoms with Gasteiger partial charge >= 0.3 is 0 Å². The second-order valence-electron chi connectivity index (χ2n) is 6.26. The Morgan fingerprint density at radius 1 is 1.19 bits per heavy atom. The van der Waals surface area contributed by atoms with Gasteiger partial charge in [-0.25, -0.2) is 12.7 Å². The molecule has 0 aliphatic rings. The molecule has 146 valence electrons. The van der Waals surface area contributed by atoms with Crippen molar-refractivity contribution in [1.82, 2.24) is 4.31 Å². The number of hydrogen-bond donors (Lipinski definition) is 2. The van der Waals surface area contributed by atoms with Crippen molar-refractivity contribution in [3.8, 4) is 5.75 Å². The van der Waals surface area contributed by atoms with Gasteiger partial charge < -0.3 is 15.8 Å². The minimum atomic E-state index is -3.74. The van der Waals surface area contributed by atoms with Crippen LogP contribution in [0.4, 0.5) is 5.69 Å². The minimum absolute atomic E-state index is 0.0175. The van der Waals surface area contributed by atoms with Crippen molar-refractivity contribution in [2.75, 3.05) is 26.0 Å². The van der Waals surface area contributed by atoms with Gasteiger partial charge in [-0.3, -0.25) is 4.79 Å². The van der Waals surface area contributed by atoms with Crippen LogP contribution in [0, 0.1) is 6.92 Å². The Balaban J connectivity index is 2.31. The van der Waals surface area contributed by atoms with E-state index in [4.69, 9.17) is 10.5 Å². The summed E-state index contributed by atoms with van der Waals surface area (Å²) in [5.41, 5.74) is 8.09. The van der Waals surface area contributed by atoms with E-state index in [1.807, 2.05) is 19.1 Å². The molecule has 1 amide bonds. The van der Waals surface area contributed by atoms with Crippen molar-refractivity contribution < 1.29 is 17.9 Å². The molecule has 0 aromatic heterocycles. The molecule has 2 aromatic carbocycles. The van der Waals surface area contributed by atoms with Gasteiger partial charge in [0.1, 0.15) is 16.7 Å². The van der Waals surface area contributed by atoms with Crippen LogP contribution < -0.4 is 15.8 Å². The van der Waals surface area contributed by atoms with Crippen molar-refractivity contribution in [3.05, 3.63) is 53.6 Å². The number of sulfonamides is 1. The molecule has 0 bridgehead atoms. The van der Waals surface area contributed by atoms with Crippen LogP contribution in [0.5, 0.6) is 5.75 Å². The van der Waals surface area contributed by atoms with E-state index in [9.17, 15) is 13.2 Å². The average Bonchev–Trinajstić information content (AvgIpc) is 2.63. The Morgan fingerprint density at radius 3 is 2.37 bits per heavy atom. The molecule has 0 fully saturated rings. The highest BCUT2D eigenvalue weighted by atomic mass is 32.2. The number of aryl methyl sites for hydroxylation is 1. The molecule has 0 saturated carbocycles. The Morgan fingerprint density at radius 2 is 1.81 bits per heavy atom. The van der Waals surface area contributed by atoms with Gasteiger partial charge in [-0.1, -0.05) is 29.8 Å². The standard InChI is InChI=1S/C19H25N3O4S/c1-5-26-16-11-10-15(12-17(16)27(24,25)22(3)4)21-19(23)18(20)14-8-6-13(2)7-9-14/h6-12,18H,5,20H2,1-4H3,(H,21,23). The molecule has 0 saturated heterocycles. The number of benzene rings is 2. The summed E-state index contributed by atoms with van der Waals surface area (Å²) in [5, 5.41) is 2.67. The molecule has 0 aliphatic carbocycles. The number of rotatable bonds is 7. The van der Waals surface area contributed by atoms with Crippen molar-refractivity contribution in [2.24, 2.45) is 5.73 Å². The summed E-state index contributed by atoms with van der Waals surface area (Å²) >= 11 is 0. The fourth-order valence-corrected chi connectivity index (χ4v) is 3.45. The first-order valence-electron chi connectivity index (χ1n) is 8.49. The first-order valence-corrected chi connectivity index (χ1v) is 9.93. The molecule has 2 rings (SSSR count). The van der Waals surface area contributed by atoms with Crippen molar-refractivity contribution in [1.29, 1.82) is 0 Å². The molecule has 27 heavy (non-hydrogen) atoms. The maximum absolute atomic E-state index is 12.6. The predicted molar refractivity (Wildman–Crippen MR) is 105 cm³/mol. The van der Waals surface area contributed by atoms with Crippen LogP contribution in [0.1, 0.15) is 24.1 Å². The summed E-state index contributed by atoms with van der Waals surface area (Å²) in [6.45, 7) is 4.03. The second-order valence-corrected chi connectivity index (χ2v) is 8.38. The zero-order valence-corrected chi connectivity index (χ0v) is 16.7. The van der Waals surface area contributed by atoms with Gasteiger partial charge in [-0.15, -0.1) is 0 Å². The molecule has 1 unspecified atom stereocenters. The molecule has 1 atom stereocenters. The lowest BCUT2D eigenvalue weighted by molar-refractivity contribution is -0.117. The third kappa shape index (κ3) is 4.85. The van der Waals surface area contributed by atoms with Gasteiger partial charge in [0.05, 0.1) is 6.61 Å². The van der Waals surface area contributed by atoms with Gasteiger partial charge in [-0.05, 0) is 37.6 Å². The molecule has 7 nitrogen and oxygen atoms in total. The highest BCUT2D eigenvalue weighted by molar-refractivity contribution is 7.89. The second kappa shape index (κ2) is 8.51. The number of anilines is 1. The predicted octanol–water partition coefficient (Wildman–Crippen LogP) is 2.28. The first kappa shape index (κ1) is 20.9. The van der Waals surface area contributed by atoms with E-state index in [1.54, 1.807) is 25.1 Å². The lowest BCUT2D eigenvalue weighted by Crippen LogP contribution is -2.28. The Labute approximate surface area is 160 Å². The summed E-state index contributed by atoms with van der Waals surface area (Å²) in [7, 11) is -0.871. The quantitative estimate of drug-likeness (QED) is 0.754. The van der Waals surface area contributed by atoms with Crippen LogP contribution >= 0.6 is 0 Å². The molecule has 0 radical (unpaired) electrons. The molecular weight excluding hydrogens is 366 g/mol. The van der Waals surface area contributed by atoms with Crippen molar-refractivity contribution in [3.63, 3.8) is 0 Å². The number of carbonyl (C=O) groups is 1. The number of hydrogen-bond acceptors (Lipinski definition) is 5. The number of nitrogens with one attached hydrogen (secondary N) is 1. The number of carbonyl (C=O) groups excluding carboxylic acids is 1. The summed E-state index contributed by atoms with van der Waals surface area (Å²) in [5.74, 6) is -0.205. The normalized spacial score (nSPS) is 12.7. The molecule has 3 N–H and O–H groups in total. The Kier molecular flexibility index (Phi) is 6.59. The number of amides is 1. The van der Waals surface area contributed by atoms with E-state index in [0.717, 1.165) is 9.87 Å². The van der Waals surface area contributed by atoms with Gasteiger partial charge in [0.2, 0.25) is 15.9 Å². The van der Waals surface area contributed by atoms with E-state index in [0.29, 0.717) is 17.9 Å². The highest BCUT2D eigenvalue weighted by Gasteiger charge is 2.24. The highest BCUT2D eigenvalue weighted by Crippen LogP contribution is 2.29. The average molecular weight is 391 g/mol. The zero-order chi connectivity index (χ0) is 20.2. The molecule has 0 aliphatic heterocycles. The van der Waals surface area contributed by atoms with E-state index >= 15 is 0 Å². The maximum atomic E-state index is 12.6. The molecule has 2 aromatic rings. The van der Waals surface area contributed by atoms with Crippen molar-refractivity contribution in [2.45, 2.75) is 24.8 Å². The lowest BCUT2D eigenvalue weighted by atomic mass is 10.1. The summed E-state index contributed by atoms with van der Waals surface area (Å²) < 4.78 is 31.6. The van der Waals surface area contributed by atoms with Crippen LogP contribution in [0.15, 0.2) is 47.4 Å². The van der Waals surface area contributed by atoms with Crippen LogP contribution in [0.2, 0.25) is 0 Å². The van der Waals surface area contributed by atoms with Gasteiger partial charge in [0.25, 0.3) is 0 Å². The largest absolute Gasteiger partial charge is 0.492 e. The van der Waals surface area contributed by atoms with E-state index in [2.05, 4.69) is 5.32 Å². The molecule has 0 spiro atoms. The monoisotopic (exact) mass is 391 g/mol. The fraction of sp³-hybridized carbons (Fsp3) is 0.316.